The van der Waals surface area contributed by atoms with Crippen molar-refractivity contribution in [1.29, 1.82) is 0 Å². The summed E-state index contributed by atoms with van der Waals surface area (Å²) in [5.74, 6) is 0. The molecule has 0 radical (unpaired) electrons. The number of hydrogen-bond donors (Lipinski definition) is 0. The molecule has 4 nitrogen and oxygen atoms in total. The van der Waals surface area contributed by atoms with Gasteiger partial charge in [0, 0.05) is 6.61 Å². The van der Waals surface area contributed by atoms with Gasteiger partial charge in [0.15, 0.2) is 0 Å². The fourth-order valence-electron chi connectivity index (χ4n) is 1.17. The molecule has 0 bridgehead atoms. The van der Waals surface area contributed by atoms with Crippen LogP contribution in [0.15, 0.2) is 0 Å². The quantitative estimate of drug-likeness (QED) is 0.560. The summed E-state index contributed by atoms with van der Waals surface area (Å²) < 4.78 is 65.4. The molecule has 1 atom stereocenters. The summed E-state index contributed by atoms with van der Waals surface area (Å²) in [7, 11) is -5.48. The molecule has 0 saturated carbocycles. The summed E-state index contributed by atoms with van der Waals surface area (Å²) in [4.78, 5) is 0. The lowest BCUT2D eigenvalue weighted by molar-refractivity contribution is -0.0614. The molecule has 1 saturated heterocycles. The zero-order chi connectivity index (χ0) is 11.5. The van der Waals surface area contributed by atoms with Gasteiger partial charge in [-0.25, -0.2) is 0 Å². The van der Waals surface area contributed by atoms with E-state index >= 15 is 0 Å². The van der Waals surface area contributed by atoms with Gasteiger partial charge < -0.3 is 4.74 Å². The van der Waals surface area contributed by atoms with Gasteiger partial charge in [0.1, 0.15) is 0 Å². The van der Waals surface area contributed by atoms with Gasteiger partial charge >= 0.3 is 15.6 Å². The Labute approximate surface area is 85.5 Å². The highest BCUT2D eigenvalue weighted by molar-refractivity contribution is 7.87. The lowest BCUT2D eigenvalue weighted by atomic mass is 10.1. The van der Waals surface area contributed by atoms with Crippen LogP contribution in [0.25, 0.3) is 0 Å². The minimum absolute atomic E-state index is 0.431. The van der Waals surface area contributed by atoms with Gasteiger partial charge in [-0.2, -0.15) is 21.6 Å². The topological polar surface area (TPSA) is 52.6 Å². The van der Waals surface area contributed by atoms with Crippen LogP contribution in [0.2, 0.25) is 0 Å². The minimum Gasteiger partial charge on any atom is -0.376 e. The van der Waals surface area contributed by atoms with Crippen LogP contribution in [0.4, 0.5) is 13.2 Å². The number of hydrogen-bond acceptors (Lipinski definition) is 4. The van der Waals surface area contributed by atoms with E-state index in [1.54, 1.807) is 0 Å². The van der Waals surface area contributed by atoms with E-state index in [2.05, 4.69) is 4.18 Å². The average Bonchev–Trinajstić information content (AvgIpc) is 2.15. The van der Waals surface area contributed by atoms with E-state index in [1.807, 2.05) is 0 Å². The smallest absolute Gasteiger partial charge is 0.376 e. The highest BCUT2D eigenvalue weighted by atomic mass is 32.2. The second kappa shape index (κ2) is 4.67. The van der Waals surface area contributed by atoms with Crippen LogP contribution in [-0.4, -0.2) is 33.2 Å². The molecule has 1 heterocycles. The van der Waals surface area contributed by atoms with Crippen LogP contribution >= 0.6 is 0 Å². The first kappa shape index (κ1) is 12.7. The van der Waals surface area contributed by atoms with Gasteiger partial charge in [0.05, 0.1) is 12.7 Å². The number of rotatable bonds is 3. The molecule has 0 aromatic rings. The molecule has 1 aliphatic rings. The molecule has 1 aliphatic heterocycles. The zero-order valence-corrected chi connectivity index (χ0v) is 8.60. The molecule has 15 heavy (non-hydrogen) atoms. The molecule has 0 aromatic carbocycles. The van der Waals surface area contributed by atoms with Crippen molar-refractivity contribution in [1.82, 2.24) is 0 Å². The molecule has 8 heteroatoms. The monoisotopic (exact) mass is 248 g/mol. The molecule has 0 aliphatic carbocycles. The molecule has 0 aromatic heterocycles. The summed E-state index contributed by atoms with van der Waals surface area (Å²) >= 11 is 0. The summed E-state index contributed by atoms with van der Waals surface area (Å²) in [6.45, 7) is -0.137. The summed E-state index contributed by atoms with van der Waals surface area (Å²) in [5.41, 5.74) is -5.36. The molecule has 90 valence electrons. The van der Waals surface area contributed by atoms with Gasteiger partial charge in [0.25, 0.3) is 0 Å². The molecule has 0 spiro atoms. The first-order valence-electron chi connectivity index (χ1n) is 4.40. The maximum atomic E-state index is 11.8. The second-order valence-electron chi connectivity index (χ2n) is 3.17. The van der Waals surface area contributed by atoms with Gasteiger partial charge in [-0.05, 0) is 19.3 Å². The predicted molar refractivity (Wildman–Crippen MR) is 44.5 cm³/mol. The Hall–Kier alpha value is -0.340. The van der Waals surface area contributed by atoms with E-state index in [1.165, 1.54) is 0 Å². The first-order chi connectivity index (χ1) is 6.83. The van der Waals surface area contributed by atoms with Crippen molar-refractivity contribution in [3.63, 3.8) is 0 Å². The third kappa shape index (κ3) is 3.62. The summed E-state index contributed by atoms with van der Waals surface area (Å²) in [6.07, 6.45) is 1.60. The SMILES string of the molecule is O=S(=O)(OC[C@@H]1CCCCO1)C(F)(F)F. The zero-order valence-electron chi connectivity index (χ0n) is 7.79. The fraction of sp³-hybridized carbons (Fsp3) is 1.00. The van der Waals surface area contributed by atoms with Crippen LogP contribution in [0.3, 0.4) is 0 Å². The number of ether oxygens (including phenoxy) is 1. The van der Waals surface area contributed by atoms with Crippen LogP contribution in [0.1, 0.15) is 19.3 Å². The van der Waals surface area contributed by atoms with Crippen molar-refractivity contribution in [2.45, 2.75) is 30.9 Å². The van der Waals surface area contributed by atoms with E-state index in [0.29, 0.717) is 13.0 Å². The van der Waals surface area contributed by atoms with E-state index < -0.39 is 28.3 Å². The van der Waals surface area contributed by atoms with E-state index in [4.69, 9.17) is 4.74 Å². The van der Waals surface area contributed by atoms with Crippen molar-refractivity contribution >= 4 is 10.1 Å². The van der Waals surface area contributed by atoms with Gasteiger partial charge in [-0.15, -0.1) is 0 Å². The van der Waals surface area contributed by atoms with Gasteiger partial charge in [-0.3, -0.25) is 4.18 Å². The van der Waals surface area contributed by atoms with Gasteiger partial charge in [0.2, 0.25) is 0 Å². The Morgan fingerprint density at radius 1 is 1.33 bits per heavy atom. The Bertz CT molecular complexity index is 292. The maximum Gasteiger partial charge on any atom is 0.523 e. The highest BCUT2D eigenvalue weighted by Crippen LogP contribution is 2.25. The molecule has 0 N–H and O–H groups in total. The van der Waals surface area contributed by atoms with Crippen molar-refractivity contribution < 1.29 is 30.5 Å². The van der Waals surface area contributed by atoms with Gasteiger partial charge in [-0.1, -0.05) is 0 Å². The fourth-order valence-corrected chi connectivity index (χ4v) is 1.64. The highest BCUT2D eigenvalue weighted by Gasteiger charge is 2.47. The van der Waals surface area contributed by atoms with Crippen LogP contribution in [-0.2, 0) is 19.0 Å². The maximum absolute atomic E-state index is 11.8. The van der Waals surface area contributed by atoms with E-state index in [9.17, 15) is 21.6 Å². The Kier molecular flexibility index (Phi) is 3.96. The van der Waals surface area contributed by atoms with Crippen molar-refractivity contribution in [2.75, 3.05) is 13.2 Å². The van der Waals surface area contributed by atoms with Crippen molar-refractivity contribution in [3.8, 4) is 0 Å². The number of alkyl halides is 3. The van der Waals surface area contributed by atoms with E-state index in [0.717, 1.165) is 12.8 Å². The third-order valence-corrected chi connectivity index (χ3v) is 2.98. The lowest BCUT2D eigenvalue weighted by Gasteiger charge is -2.22. The van der Waals surface area contributed by atoms with Crippen molar-refractivity contribution in [3.05, 3.63) is 0 Å². The second-order valence-corrected chi connectivity index (χ2v) is 4.78. The Morgan fingerprint density at radius 3 is 2.47 bits per heavy atom. The first-order valence-corrected chi connectivity index (χ1v) is 5.81. The lowest BCUT2D eigenvalue weighted by Crippen LogP contribution is -2.31. The normalized spacial score (nSPS) is 24.1. The largest absolute Gasteiger partial charge is 0.523 e. The van der Waals surface area contributed by atoms with Crippen molar-refractivity contribution in [2.24, 2.45) is 0 Å². The van der Waals surface area contributed by atoms with Crippen LogP contribution in [0, 0.1) is 0 Å². The molecule has 0 unspecified atom stereocenters. The standard InChI is InChI=1S/C7H11F3O4S/c8-7(9,10)15(11,12)14-5-6-3-1-2-4-13-6/h6H,1-5H2/t6-/m0/s1. The van der Waals surface area contributed by atoms with E-state index in [-0.39, 0.29) is 0 Å². The molecule has 0 amide bonds. The minimum atomic E-state index is -5.48. The third-order valence-electron chi connectivity index (χ3n) is 1.97. The molecule has 1 rings (SSSR count). The number of halogens is 3. The van der Waals surface area contributed by atoms with Crippen LogP contribution < -0.4 is 0 Å². The Balaban J connectivity index is 2.42. The molecule has 1 fully saturated rings. The summed E-state index contributed by atoms with van der Waals surface area (Å²) in [6, 6.07) is 0. The van der Waals surface area contributed by atoms with Crippen LogP contribution in [0.5, 0.6) is 0 Å². The molecular formula is C7H11F3O4S. The average molecular weight is 248 g/mol. The predicted octanol–water partition coefficient (Wildman–Crippen LogP) is 1.42. The molecular weight excluding hydrogens is 237 g/mol. The summed E-state index contributed by atoms with van der Waals surface area (Å²) in [5, 5.41) is 0. The Morgan fingerprint density at radius 2 is 2.00 bits per heavy atom.